The highest BCUT2D eigenvalue weighted by atomic mass is 28.5. The summed E-state index contributed by atoms with van der Waals surface area (Å²) >= 11 is 0. The fourth-order valence-corrected chi connectivity index (χ4v) is 14.2. The van der Waals surface area contributed by atoms with Crippen LogP contribution in [0.3, 0.4) is 0 Å². The van der Waals surface area contributed by atoms with Crippen molar-refractivity contribution in [2.24, 2.45) is 17.8 Å². The van der Waals surface area contributed by atoms with Gasteiger partial charge in [0, 0.05) is 13.2 Å². The summed E-state index contributed by atoms with van der Waals surface area (Å²) in [6.07, 6.45) is 8.78. The molecule has 22 heavy (non-hydrogen) atoms. The van der Waals surface area contributed by atoms with E-state index in [4.69, 9.17) is 12.7 Å². The summed E-state index contributed by atoms with van der Waals surface area (Å²) in [5.74, 6) is 2.45. The molecule has 6 heteroatoms. The highest BCUT2D eigenvalue weighted by molar-refractivity contribution is 6.85. The monoisotopic (exact) mass is 358 g/mol. The van der Waals surface area contributed by atoms with Crippen molar-refractivity contribution in [1.29, 1.82) is 0 Å². The molecule has 0 spiro atoms. The Bertz CT molecular complexity index is 396. The van der Waals surface area contributed by atoms with Gasteiger partial charge in [0.05, 0.1) is 0 Å². The summed E-state index contributed by atoms with van der Waals surface area (Å²) in [7, 11) is -4.11. The minimum Gasteiger partial charge on any atom is -0.416 e. The molecule has 2 aliphatic carbocycles. The first-order valence-corrected chi connectivity index (χ1v) is 17.4. The Morgan fingerprint density at radius 2 is 1.50 bits per heavy atom. The van der Waals surface area contributed by atoms with Crippen molar-refractivity contribution in [3.63, 3.8) is 0 Å². The van der Waals surface area contributed by atoms with E-state index >= 15 is 0 Å². The third-order valence-corrected chi connectivity index (χ3v) is 13.4. The predicted octanol–water partition coefficient (Wildman–Crippen LogP) is 4.88. The van der Waals surface area contributed by atoms with Gasteiger partial charge in [0.25, 0.3) is 0 Å². The van der Waals surface area contributed by atoms with E-state index in [0.717, 1.165) is 23.8 Å². The number of allylic oxidation sites excluding steroid dienone is 2. The van der Waals surface area contributed by atoms with Crippen molar-refractivity contribution in [3.05, 3.63) is 12.2 Å². The number of fused-ring (bicyclic) bond motifs is 2. The van der Waals surface area contributed by atoms with E-state index in [9.17, 15) is 0 Å². The van der Waals surface area contributed by atoms with Gasteiger partial charge in [0.15, 0.2) is 16.6 Å². The normalized spacial score (nSPS) is 28.6. The number of rotatable bonds is 8. The van der Waals surface area contributed by atoms with E-state index in [1.165, 1.54) is 19.3 Å². The molecule has 2 bridgehead atoms. The van der Waals surface area contributed by atoms with Crippen molar-refractivity contribution in [1.82, 2.24) is 0 Å². The van der Waals surface area contributed by atoms with Crippen LogP contribution < -0.4 is 0 Å². The highest BCUT2D eigenvalue weighted by Gasteiger charge is 2.48. The molecule has 3 unspecified atom stereocenters. The minimum absolute atomic E-state index is 0.798. The lowest BCUT2D eigenvalue weighted by molar-refractivity contribution is 0.194. The molecular weight excluding hydrogens is 324 g/mol. The molecule has 3 nitrogen and oxygen atoms in total. The maximum absolute atomic E-state index is 6.54. The zero-order valence-electron chi connectivity index (χ0n) is 15.4. The van der Waals surface area contributed by atoms with E-state index in [1.807, 2.05) is 0 Å². The van der Waals surface area contributed by atoms with Gasteiger partial charge in [-0.3, -0.25) is 0 Å². The molecule has 0 radical (unpaired) electrons. The fraction of sp³-hybridized carbons (Fsp3) is 0.875. The first kappa shape index (κ1) is 18.6. The van der Waals surface area contributed by atoms with Crippen molar-refractivity contribution in [3.8, 4) is 0 Å². The molecule has 2 rings (SSSR count). The zero-order valence-corrected chi connectivity index (χ0v) is 18.4. The third kappa shape index (κ3) is 5.14. The molecule has 0 aromatic heterocycles. The van der Waals surface area contributed by atoms with E-state index in [0.29, 0.717) is 0 Å². The summed E-state index contributed by atoms with van der Waals surface area (Å²) in [4.78, 5) is 0. The second-order valence-corrected chi connectivity index (χ2v) is 21.3. The molecule has 0 aliphatic heterocycles. The van der Waals surface area contributed by atoms with Crippen LogP contribution in [0.25, 0.3) is 0 Å². The fourth-order valence-electron chi connectivity index (χ4n) is 3.83. The quantitative estimate of drug-likeness (QED) is 0.457. The molecule has 1 fully saturated rings. The topological polar surface area (TPSA) is 27.7 Å². The van der Waals surface area contributed by atoms with Crippen LogP contribution in [0.5, 0.6) is 0 Å². The maximum Gasteiger partial charge on any atom is 0.479 e. The Kier molecular flexibility index (Phi) is 5.62. The Hall–Kier alpha value is 0.271. The molecule has 0 aromatic carbocycles. The van der Waals surface area contributed by atoms with Gasteiger partial charge >= 0.3 is 8.80 Å². The Morgan fingerprint density at radius 3 is 1.86 bits per heavy atom. The van der Waals surface area contributed by atoms with Gasteiger partial charge in [-0.1, -0.05) is 12.2 Å². The van der Waals surface area contributed by atoms with E-state index < -0.39 is 25.4 Å². The SMILES string of the molecule is CO[Si](CCC1CC2C=CC1C2)(O[Si](C)(C)C)O[Si](C)(C)C. The molecule has 0 amide bonds. The van der Waals surface area contributed by atoms with Crippen LogP contribution in [0.15, 0.2) is 12.2 Å². The molecule has 0 saturated heterocycles. The Balaban J connectivity index is 2.04. The second-order valence-electron chi connectivity index (χ2n) is 8.89. The Labute approximate surface area is 140 Å². The predicted molar refractivity (Wildman–Crippen MR) is 99.9 cm³/mol. The third-order valence-electron chi connectivity index (χ3n) is 4.47. The van der Waals surface area contributed by atoms with Gasteiger partial charge in [-0.15, -0.1) is 0 Å². The second kappa shape index (κ2) is 6.64. The molecule has 1 saturated carbocycles. The van der Waals surface area contributed by atoms with Gasteiger partial charge < -0.3 is 12.7 Å². The molecule has 128 valence electrons. The summed E-state index contributed by atoms with van der Waals surface area (Å²) < 4.78 is 19.1. The maximum atomic E-state index is 6.54. The summed E-state index contributed by atoms with van der Waals surface area (Å²) in [5, 5.41) is 0. The molecule has 0 heterocycles. The van der Waals surface area contributed by atoms with E-state index in [-0.39, 0.29) is 0 Å². The number of hydrogen-bond acceptors (Lipinski definition) is 3. The summed E-state index contributed by atoms with van der Waals surface area (Å²) in [6, 6.07) is 0.986. The number of hydrogen-bond donors (Lipinski definition) is 0. The molecule has 0 aromatic rings. The Morgan fingerprint density at radius 1 is 0.909 bits per heavy atom. The smallest absolute Gasteiger partial charge is 0.416 e. The van der Waals surface area contributed by atoms with Crippen LogP contribution in [0, 0.1) is 17.8 Å². The van der Waals surface area contributed by atoms with E-state index in [1.54, 1.807) is 7.11 Å². The van der Waals surface area contributed by atoms with Crippen LogP contribution in [-0.2, 0) is 12.7 Å². The average Bonchev–Trinajstić information content (AvgIpc) is 2.94. The van der Waals surface area contributed by atoms with Gasteiger partial charge in [-0.2, -0.15) is 0 Å². The van der Waals surface area contributed by atoms with Gasteiger partial charge in [0.2, 0.25) is 0 Å². The largest absolute Gasteiger partial charge is 0.479 e. The molecule has 2 aliphatic rings. The van der Waals surface area contributed by atoms with Crippen LogP contribution in [0.2, 0.25) is 45.3 Å². The highest BCUT2D eigenvalue weighted by Crippen LogP contribution is 2.46. The lowest BCUT2D eigenvalue weighted by Gasteiger charge is -2.39. The molecule has 0 N–H and O–H groups in total. The first-order chi connectivity index (χ1) is 10.0. The summed E-state index contributed by atoms with van der Waals surface area (Å²) in [6.45, 7) is 13.4. The van der Waals surface area contributed by atoms with E-state index in [2.05, 4.69) is 51.4 Å². The molecular formula is C16H34O3Si3. The standard InChI is InChI=1S/C16H34O3Si3/c1-17-22(18-20(2,3)4,19-21(5,6)7)11-10-16-13-14-8-9-15(16)12-14/h8-9,14-16H,10-13H2,1-7H3. The van der Waals surface area contributed by atoms with Gasteiger partial charge in [0.1, 0.15) is 0 Å². The summed E-state index contributed by atoms with van der Waals surface area (Å²) in [5.41, 5.74) is 0. The van der Waals surface area contributed by atoms with Crippen molar-refractivity contribution in [2.75, 3.05) is 7.11 Å². The lowest BCUT2D eigenvalue weighted by Crippen LogP contribution is -2.56. The van der Waals surface area contributed by atoms with Gasteiger partial charge in [-0.25, -0.2) is 0 Å². The van der Waals surface area contributed by atoms with Gasteiger partial charge in [-0.05, 0) is 76.3 Å². The van der Waals surface area contributed by atoms with Crippen molar-refractivity contribution < 1.29 is 12.7 Å². The van der Waals surface area contributed by atoms with Crippen molar-refractivity contribution >= 4 is 25.4 Å². The average molecular weight is 359 g/mol. The molecule has 3 atom stereocenters. The lowest BCUT2D eigenvalue weighted by atomic mass is 9.91. The van der Waals surface area contributed by atoms with Crippen LogP contribution >= 0.6 is 0 Å². The van der Waals surface area contributed by atoms with Crippen LogP contribution in [0.4, 0.5) is 0 Å². The van der Waals surface area contributed by atoms with Crippen LogP contribution in [-0.4, -0.2) is 32.5 Å². The zero-order chi connectivity index (χ0) is 16.6. The van der Waals surface area contributed by atoms with Crippen molar-refractivity contribution in [2.45, 2.75) is 64.6 Å². The minimum atomic E-state index is -2.54. The first-order valence-electron chi connectivity index (χ1n) is 8.66. The van der Waals surface area contributed by atoms with Crippen LogP contribution in [0.1, 0.15) is 19.3 Å².